The van der Waals surface area contributed by atoms with Gasteiger partial charge >= 0.3 is 6.61 Å². The smallest absolute Gasteiger partial charge is 0.387 e. The number of ether oxygens (including phenoxy) is 3. The molecule has 1 aromatic rings. The predicted molar refractivity (Wildman–Crippen MR) is 95.7 cm³/mol. The molecule has 26 heavy (non-hydrogen) atoms. The van der Waals surface area contributed by atoms with Crippen molar-refractivity contribution in [2.75, 3.05) is 27.3 Å². The van der Waals surface area contributed by atoms with E-state index in [4.69, 9.17) is 15.2 Å². The molecule has 1 heterocycles. The molecule has 1 amide bonds. The number of rotatable bonds is 6. The van der Waals surface area contributed by atoms with Crippen LogP contribution >= 0.6 is 12.4 Å². The van der Waals surface area contributed by atoms with Gasteiger partial charge in [-0.1, -0.05) is 6.92 Å². The molecule has 0 saturated carbocycles. The van der Waals surface area contributed by atoms with Crippen molar-refractivity contribution in [1.82, 2.24) is 4.90 Å². The number of likely N-dealkylation sites (tertiary alicyclic amines) is 1. The van der Waals surface area contributed by atoms with Gasteiger partial charge in [0, 0.05) is 24.7 Å². The minimum absolute atomic E-state index is 0. The zero-order chi connectivity index (χ0) is 18.6. The van der Waals surface area contributed by atoms with Crippen molar-refractivity contribution in [3.63, 3.8) is 0 Å². The summed E-state index contributed by atoms with van der Waals surface area (Å²) in [4.78, 5) is 14.6. The molecule has 0 bridgehead atoms. The molecular formula is C17H25ClF2N2O4. The van der Waals surface area contributed by atoms with Gasteiger partial charge in [-0.25, -0.2) is 0 Å². The third-order valence-corrected chi connectivity index (χ3v) is 4.43. The summed E-state index contributed by atoms with van der Waals surface area (Å²) in [5.41, 5.74) is 6.10. The molecule has 2 atom stereocenters. The van der Waals surface area contributed by atoms with Crippen LogP contribution in [0.15, 0.2) is 12.1 Å². The number of piperidine rings is 1. The quantitative estimate of drug-likeness (QED) is 0.803. The molecule has 1 fully saturated rings. The Hall–Kier alpha value is -1.80. The lowest BCUT2D eigenvalue weighted by molar-refractivity contribution is -0.0526. The second-order valence-corrected chi connectivity index (χ2v) is 6.11. The molecule has 6 nitrogen and oxygen atoms in total. The zero-order valence-electron chi connectivity index (χ0n) is 15.0. The van der Waals surface area contributed by atoms with E-state index in [1.807, 2.05) is 0 Å². The van der Waals surface area contributed by atoms with E-state index in [9.17, 15) is 13.6 Å². The molecule has 2 unspecified atom stereocenters. The van der Waals surface area contributed by atoms with Crippen molar-refractivity contribution in [3.8, 4) is 17.2 Å². The maximum atomic E-state index is 12.9. The first-order valence-electron chi connectivity index (χ1n) is 8.13. The topological polar surface area (TPSA) is 74.0 Å². The Morgan fingerprint density at radius 1 is 1.31 bits per heavy atom. The Labute approximate surface area is 158 Å². The van der Waals surface area contributed by atoms with Crippen molar-refractivity contribution in [1.29, 1.82) is 0 Å². The van der Waals surface area contributed by atoms with E-state index >= 15 is 0 Å². The van der Waals surface area contributed by atoms with Gasteiger partial charge in [0.2, 0.25) is 5.75 Å². The summed E-state index contributed by atoms with van der Waals surface area (Å²) in [6.07, 6.45) is 1.73. The molecule has 0 aromatic heterocycles. The molecule has 1 saturated heterocycles. The van der Waals surface area contributed by atoms with E-state index in [0.29, 0.717) is 19.0 Å². The fraction of sp³-hybridized carbons (Fsp3) is 0.588. The normalized spacial score (nSPS) is 19.7. The number of methoxy groups -OCH3 is 2. The van der Waals surface area contributed by atoms with Crippen LogP contribution in [0.5, 0.6) is 17.2 Å². The number of carbonyl (C=O) groups excluding carboxylic acids is 1. The molecule has 9 heteroatoms. The van der Waals surface area contributed by atoms with Gasteiger partial charge in [0.05, 0.1) is 14.2 Å². The first-order chi connectivity index (χ1) is 11.9. The fourth-order valence-electron chi connectivity index (χ4n) is 3.12. The van der Waals surface area contributed by atoms with E-state index in [0.717, 1.165) is 12.8 Å². The highest BCUT2D eigenvalue weighted by Gasteiger charge is 2.31. The van der Waals surface area contributed by atoms with E-state index in [2.05, 4.69) is 11.7 Å². The second kappa shape index (κ2) is 9.78. The molecule has 2 rings (SSSR count). The zero-order valence-corrected chi connectivity index (χ0v) is 15.9. The number of alkyl halides is 2. The summed E-state index contributed by atoms with van der Waals surface area (Å²) in [6, 6.07) is 2.72. The van der Waals surface area contributed by atoms with Crippen LogP contribution in [0, 0.1) is 5.92 Å². The Morgan fingerprint density at radius 2 is 1.88 bits per heavy atom. The van der Waals surface area contributed by atoms with Crippen molar-refractivity contribution in [2.45, 2.75) is 32.4 Å². The van der Waals surface area contributed by atoms with Crippen LogP contribution in [-0.2, 0) is 0 Å². The number of hydrogen-bond acceptors (Lipinski definition) is 5. The monoisotopic (exact) mass is 394 g/mol. The molecule has 0 spiro atoms. The van der Waals surface area contributed by atoms with Crippen LogP contribution in [0.25, 0.3) is 0 Å². The van der Waals surface area contributed by atoms with Gasteiger partial charge in [-0.3, -0.25) is 4.79 Å². The molecule has 1 aliphatic rings. The highest BCUT2D eigenvalue weighted by molar-refractivity contribution is 5.96. The molecule has 148 valence electrons. The van der Waals surface area contributed by atoms with Crippen molar-refractivity contribution in [3.05, 3.63) is 17.7 Å². The van der Waals surface area contributed by atoms with Crippen molar-refractivity contribution < 1.29 is 27.8 Å². The Bertz CT molecular complexity index is 593. The lowest BCUT2D eigenvalue weighted by Crippen LogP contribution is -2.49. The van der Waals surface area contributed by atoms with E-state index in [1.54, 1.807) is 4.90 Å². The summed E-state index contributed by atoms with van der Waals surface area (Å²) in [6.45, 7) is 0.0701. The van der Waals surface area contributed by atoms with Gasteiger partial charge in [-0.2, -0.15) is 8.78 Å². The van der Waals surface area contributed by atoms with Gasteiger partial charge in [-0.05, 0) is 30.9 Å². The maximum absolute atomic E-state index is 12.9. The lowest BCUT2D eigenvalue weighted by atomic mass is 9.92. The molecule has 0 radical (unpaired) electrons. The predicted octanol–water partition coefficient (Wildman–Crippen LogP) is 2.93. The number of nitrogens with zero attached hydrogens (tertiary/aromatic N) is 1. The summed E-state index contributed by atoms with van der Waals surface area (Å²) in [5.74, 6) is 0.0561. The van der Waals surface area contributed by atoms with E-state index in [1.165, 1.54) is 26.4 Å². The van der Waals surface area contributed by atoms with Crippen LogP contribution < -0.4 is 19.9 Å². The minimum Gasteiger partial charge on any atom is -0.493 e. The van der Waals surface area contributed by atoms with Gasteiger partial charge in [-0.15, -0.1) is 12.4 Å². The maximum Gasteiger partial charge on any atom is 0.387 e. The number of amides is 1. The first-order valence-corrected chi connectivity index (χ1v) is 8.13. The molecule has 1 aliphatic heterocycles. The third-order valence-electron chi connectivity index (χ3n) is 4.43. The average Bonchev–Trinajstić information content (AvgIpc) is 2.60. The highest BCUT2D eigenvalue weighted by atomic mass is 35.5. The molecule has 1 aromatic carbocycles. The van der Waals surface area contributed by atoms with Gasteiger partial charge in [0.15, 0.2) is 11.5 Å². The molecule has 0 aliphatic carbocycles. The van der Waals surface area contributed by atoms with E-state index in [-0.39, 0.29) is 47.2 Å². The first kappa shape index (κ1) is 22.2. The molecule has 2 N–H and O–H groups in total. The van der Waals surface area contributed by atoms with Crippen LogP contribution in [0.1, 0.15) is 30.1 Å². The Kier molecular flexibility index (Phi) is 8.36. The second-order valence-electron chi connectivity index (χ2n) is 6.11. The number of halogens is 3. The standard InChI is InChI=1S/C17H24F2N2O4.ClH/c1-10-4-5-21(12(6-10)9-20)16(22)11-7-13(23-2)15(25-17(18)19)14(8-11)24-3;/h7-8,10,12,17H,4-6,9,20H2,1-3H3;1H. The Balaban J connectivity index is 0.00000338. The minimum atomic E-state index is -3.03. The van der Waals surface area contributed by atoms with Crippen LogP contribution in [0.2, 0.25) is 0 Å². The number of benzene rings is 1. The van der Waals surface area contributed by atoms with Crippen LogP contribution in [0.3, 0.4) is 0 Å². The third kappa shape index (κ3) is 4.88. The average molecular weight is 395 g/mol. The lowest BCUT2D eigenvalue weighted by Gasteiger charge is -2.38. The van der Waals surface area contributed by atoms with Crippen molar-refractivity contribution in [2.24, 2.45) is 11.7 Å². The SMILES string of the molecule is COc1cc(C(=O)N2CCC(C)CC2CN)cc(OC)c1OC(F)F.Cl. The van der Waals surface area contributed by atoms with Crippen LogP contribution in [0.4, 0.5) is 8.78 Å². The highest BCUT2D eigenvalue weighted by Crippen LogP contribution is 2.40. The summed E-state index contributed by atoms with van der Waals surface area (Å²) in [7, 11) is 2.62. The summed E-state index contributed by atoms with van der Waals surface area (Å²) < 4.78 is 39.9. The van der Waals surface area contributed by atoms with Crippen LogP contribution in [-0.4, -0.2) is 50.8 Å². The summed E-state index contributed by atoms with van der Waals surface area (Å²) >= 11 is 0. The van der Waals surface area contributed by atoms with Gasteiger partial charge in [0.25, 0.3) is 5.91 Å². The van der Waals surface area contributed by atoms with Gasteiger partial charge in [0.1, 0.15) is 0 Å². The molecular weight excluding hydrogens is 370 g/mol. The summed E-state index contributed by atoms with van der Waals surface area (Å²) in [5, 5.41) is 0. The largest absolute Gasteiger partial charge is 0.493 e. The number of carbonyl (C=O) groups is 1. The van der Waals surface area contributed by atoms with E-state index < -0.39 is 6.61 Å². The van der Waals surface area contributed by atoms with Crippen molar-refractivity contribution >= 4 is 18.3 Å². The number of nitrogens with two attached hydrogens (primary N) is 1. The number of hydrogen-bond donors (Lipinski definition) is 1. The van der Waals surface area contributed by atoms with Gasteiger partial charge < -0.3 is 24.8 Å². The fourth-order valence-corrected chi connectivity index (χ4v) is 3.12. The Morgan fingerprint density at radius 3 is 2.35 bits per heavy atom.